The van der Waals surface area contributed by atoms with E-state index < -0.39 is 0 Å². The van der Waals surface area contributed by atoms with Gasteiger partial charge in [-0.05, 0) is 24.5 Å². The lowest BCUT2D eigenvalue weighted by molar-refractivity contribution is 0.343. The lowest BCUT2D eigenvalue weighted by atomic mass is 9.85. The SMILES string of the molecule is C=CC(C)(C)c1[nH]c2ccccc2c1CC1=NC(O)=C2CCCN2C1. The first-order valence-electron chi connectivity index (χ1n) is 8.97. The number of aliphatic imine (C=N–C) groups is 1. The summed E-state index contributed by atoms with van der Waals surface area (Å²) >= 11 is 0. The number of fused-ring (bicyclic) bond motifs is 2. The highest BCUT2D eigenvalue weighted by atomic mass is 16.3. The van der Waals surface area contributed by atoms with Crippen LogP contribution < -0.4 is 0 Å². The molecule has 2 aromatic rings. The fraction of sp³-hybridized carbons (Fsp3) is 0.381. The van der Waals surface area contributed by atoms with Crippen molar-refractivity contribution in [2.45, 2.75) is 38.5 Å². The van der Waals surface area contributed by atoms with Gasteiger partial charge < -0.3 is 15.0 Å². The van der Waals surface area contributed by atoms with Crippen LogP contribution in [-0.2, 0) is 11.8 Å². The summed E-state index contributed by atoms with van der Waals surface area (Å²) in [5.41, 5.74) is 5.46. The largest absolute Gasteiger partial charge is 0.492 e. The predicted molar refractivity (Wildman–Crippen MR) is 103 cm³/mol. The average molecular weight is 335 g/mol. The Morgan fingerprint density at radius 2 is 2.16 bits per heavy atom. The van der Waals surface area contributed by atoms with E-state index in [2.05, 4.69) is 59.6 Å². The number of H-pyrrole nitrogens is 1. The summed E-state index contributed by atoms with van der Waals surface area (Å²) in [5, 5.41) is 11.5. The minimum Gasteiger partial charge on any atom is -0.492 e. The standard InChI is InChI=1S/C21H25N3O/c1-4-21(2,3)19-16(15-8-5-6-9-17(15)23-19)12-14-13-24-11-7-10-18(24)20(25)22-14/h4-6,8-9,23,25H,1,7,10-13H2,2-3H3. The Morgan fingerprint density at radius 3 is 2.96 bits per heavy atom. The minimum absolute atomic E-state index is 0.153. The fourth-order valence-corrected chi connectivity index (χ4v) is 3.96. The van der Waals surface area contributed by atoms with Crippen LogP contribution in [0.25, 0.3) is 10.9 Å². The molecule has 0 unspecified atom stereocenters. The van der Waals surface area contributed by atoms with Gasteiger partial charge in [0.15, 0.2) is 0 Å². The van der Waals surface area contributed by atoms with Gasteiger partial charge in [0, 0.05) is 40.7 Å². The first-order chi connectivity index (χ1) is 12.0. The summed E-state index contributed by atoms with van der Waals surface area (Å²) in [6.07, 6.45) is 4.76. The molecule has 0 radical (unpaired) electrons. The molecule has 0 atom stereocenters. The third-order valence-electron chi connectivity index (χ3n) is 5.47. The number of aliphatic hydroxyl groups excluding tert-OH is 1. The van der Waals surface area contributed by atoms with Gasteiger partial charge in [-0.3, -0.25) is 0 Å². The molecule has 130 valence electrons. The molecule has 4 rings (SSSR count). The summed E-state index contributed by atoms with van der Waals surface area (Å²) in [6.45, 7) is 10.2. The lowest BCUT2D eigenvalue weighted by Gasteiger charge is -2.26. The zero-order chi connectivity index (χ0) is 17.6. The third-order valence-corrected chi connectivity index (χ3v) is 5.47. The van der Waals surface area contributed by atoms with E-state index in [1.807, 2.05) is 6.08 Å². The van der Waals surface area contributed by atoms with Crippen LogP contribution in [0.15, 0.2) is 53.5 Å². The first kappa shape index (κ1) is 16.0. The van der Waals surface area contributed by atoms with Crippen molar-refractivity contribution in [1.82, 2.24) is 9.88 Å². The molecule has 2 aliphatic heterocycles. The van der Waals surface area contributed by atoms with Gasteiger partial charge in [-0.2, -0.15) is 0 Å². The highest BCUT2D eigenvalue weighted by Gasteiger charge is 2.29. The smallest absolute Gasteiger partial charge is 0.230 e. The number of hydrogen-bond donors (Lipinski definition) is 2. The molecule has 4 heteroatoms. The number of nitrogens with one attached hydrogen (secondary N) is 1. The zero-order valence-corrected chi connectivity index (χ0v) is 15.0. The summed E-state index contributed by atoms with van der Waals surface area (Å²) in [6, 6.07) is 8.39. The number of aromatic amines is 1. The monoisotopic (exact) mass is 335 g/mol. The second-order valence-corrected chi connectivity index (χ2v) is 7.60. The lowest BCUT2D eigenvalue weighted by Crippen LogP contribution is -2.31. The van der Waals surface area contributed by atoms with Crippen molar-refractivity contribution in [3.8, 4) is 0 Å². The molecule has 2 N–H and O–H groups in total. The fourth-order valence-electron chi connectivity index (χ4n) is 3.96. The van der Waals surface area contributed by atoms with E-state index in [9.17, 15) is 5.11 Å². The summed E-state index contributed by atoms with van der Waals surface area (Å²) in [5.74, 6) is 0.211. The Morgan fingerprint density at radius 1 is 1.36 bits per heavy atom. The van der Waals surface area contributed by atoms with Crippen molar-refractivity contribution in [3.63, 3.8) is 0 Å². The van der Waals surface area contributed by atoms with E-state index in [0.717, 1.165) is 49.3 Å². The molecule has 1 aromatic heterocycles. The number of hydrogen-bond acceptors (Lipinski definition) is 3. The third kappa shape index (κ3) is 2.66. The van der Waals surface area contributed by atoms with Crippen LogP contribution in [0.4, 0.5) is 0 Å². The maximum atomic E-state index is 10.3. The van der Waals surface area contributed by atoms with E-state index in [0.29, 0.717) is 0 Å². The topological polar surface area (TPSA) is 51.6 Å². The van der Waals surface area contributed by atoms with Crippen molar-refractivity contribution in [2.75, 3.05) is 13.1 Å². The number of para-hydroxylation sites is 1. The van der Waals surface area contributed by atoms with Crippen LogP contribution in [0.1, 0.15) is 37.9 Å². The molecule has 3 heterocycles. The summed E-state index contributed by atoms with van der Waals surface area (Å²) in [4.78, 5) is 10.4. The van der Waals surface area contributed by atoms with E-state index in [4.69, 9.17) is 0 Å². The van der Waals surface area contributed by atoms with Crippen molar-refractivity contribution in [3.05, 3.63) is 59.8 Å². The van der Waals surface area contributed by atoms with Gasteiger partial charge in [0.2, 0.25) is 5.88 Å². The molecule has 4 nitrogen and oxygen atoms in total. The molecule has 0 bridgehead atoms. The summed E-state index contributed by atoms with van der Waals surface area (Å²) in [7, 11) is 0. The zero-order valence-electron chi connectivity index (χ0n) is 15.0. The Hall–Kier alpha value is -2.49. The number of aromatic nitrogens is 1. The Kier molecular flexibility index (Phi) is 3.71. The van der Waals surface area contributed by atoms with Gasteiger partial charge in [0.05, 0.1) is 12.2 Å². The molecule has 2 aliphatic rings. The molecule has 0 saturated carbocycles. The maximum absolute atomic E-state index is 10.3. The van der Waals surface area contributed by atoms with Gasteiger partial charge in [-0.25, -0.2) is 4.99 Å². The quantitative estimate of drug-likeness (QED) is 0.811. The van der Waals surface area contributed by atoms with Gasteiger partial charge in [0.25, 0.3) is 0 Å². The summed E-state index contributed by atoms with van der Waals surface area (Å²) < 4.78 is 0. The van der Waals surface area contributed by atoms with Crippen LogP contribution in [-0.4, -0.2) is 33.8 Å². The van der Waals surface area contributed by atoms with E-state index in [-0.39, 0.29) is 11.3 Å². The van der Waals surface area contributed by atoms with Crippen LogP contribution in [0.3, 0.4) is 0 Å². The number of rotatable bonds is 4. The van der Waals surface area contributed by atoms with Crippen molar-refractivity contribution in [1.29, 1.82) is 0 Å². The van der Waals surface area contributed by atoms with Crippen LogP contribution in [0, 0.1) is 0 Å². The van der Waals surface area contributed by atoms with Gasteiger partial charge >= 0.3 is 0 Å². The van der Waals surface area contributed by atoms with Crippen molar-refractivity contribution >= 4 is 16.6 Å². The second kappa shape index (κ2) is 5.80. The normalized spacial score (nSPS) is 17.8. The number of benzene rings is 1. The Balaban J connectivity index is 1.78. The van der Waals surface area contributed by atoms with Crippen LogP contribution in [0.2, 0.25) is 0 Å². The molecule has 1 aromatic carbocycles. The van der Waals surface area contributed by atoms with Gasteiger partial charge in [-0.15, -0.1) is 6.58 Å². The van der Waals surface area contributed by atoms with E-state index in [1.54, 1.807) is 0 Å². The molecule has 0 aliphatic carbocycles. The first-order valence-corrected chi connectivity index (χ1v) is 8.97. The van der Waals surface area contributed by atoms with Gasteiger partial charge in [0.1, 0.15) is 0 Å². The van der Waals surface area contributed by atoms with Crippen molar-refractivity contribution in [2.24, 2.45) is 4.99 Å². The van der Waals surface area contributed by atoms with Crippen LogP contribution in [0.5, 0.6) is 0 Å². The maximum Gasteiger partial charge on any atom is 0.230 e. The van der Waals surface area contributed by atoms with Crippen molar-refractivity contribution < 1.29 is 5.11 Å². The highest BCUT2D eigenvalue weighted by molar-refractivity contribution is 5.95. The molecule has 1 fully saturated rings. The molecular weight excluding hydrogens is 310 g/mol. The molecule has 0 spiro atoms. The Bertz CT molecular complexity index is 901. The molecule has 1 saturated heterocycles. The van der Waals surface area contributed by atoms with Gasteiger partial charge in [-0.1, -0.05) is 38.1 Å². The highest BCUT2D eigenvalue weighted by Crippen LogP contribution is 2.34. The molecular formula is C21H25N3O. The van der Waals surface area contributed by atoms with Crippen LogP contribution >= 0.6 is 0 Å². The Labute approximate surface area is 148 Å². The van der Waals surface area contributed by atoms with E-state index in [1.165, 1.54) is 16.6 Å². The number of aliphatic hydroxyl groups is 1. The average Bonchev–Trinajstić information content (AvgIpc) is 3.21. The number of nitrogens with zero attached hydrogens (tertiary/aromatic N) is 2. The molecule has 0 amide bonds. The number of allylic oxidation sites excluding steroid dienone is 2. The van der Waals surface area contributed by atoms with E-state index >= 15 is 0 Å². The second-order valence-electron chi connectivity index (χ2n) is 7.60. The predicted octanol–water partition coefficient (Wildman–Crippen LogP) is 4.45. The molecule has 25 heavy (non-hydrogen) atoms. The minimum atomic E-state index is -0.153.